The van der Waals surface area contributed by atoms with Gasteiger partial charge in [0.15, 0.2) is 16.6 Å². The molecule has 0 aliphatic rings. The molecule has 0 rings (SSSR count). The maximum atomic E-state index is 8.81. The molecule has 0 heterocycles. The summed E-state index contributed by atoms with van der Waals surface area (Å²) in [6.07, 6.45) is 1.80. The summed E-state index contributed by atoms with van der Waals surface area (Å²) in [6, 6.07) is 1.90. The van der Waals surface area contributed by atoms with Crippen molar-refractivity contribution in [1.29, 1.82) is 0 Å². The Morgan fingerprint density at radius 2 is 1.18 bits per heavy atom. The minimum Gasteiger partial charge on any atom is -0.436 e. The van der Waals surface area contributed by atoms with E-state index < -0.39 is 34.0 Å². The van der Waals surface area contributed by atoms with Crippen molar-refractivity contribution in [3.05, 3.63) is 0 Å². The average molecular weight is 561 g/mol. The zero-order valence-corrected chi connectivity index (χ0v) is 27.0. The molecule has 0 aromatic rings. The lowest BCUT2D eigenvalue weighted by Crippen LogP contribution is -2.56. The normalized spacial score (nSPS) is 15.1. The van der Waals surface area contributed by atoms with Crippen LogP contribution in [0.1, 0.15) is 12.8 Å². The second-order valence-corrected chi connectivity index (χ2v) is 25.6. The van der Waals surface area contributed by atoms with Crippen LogP contribution in [0.4, 0.5) is 0 Å². The van der Waals surface area contributed by atoms with Crippen molar-refractivity contribution in [2.24, 2.45) is 0 Å². The molecule has 0 fully saturated rings. The predicted molar refractivity (Wildman–Crippen MR) is 141 cm³/mol. The van der Waals surface area contributed by atoms with Gasteiger partial charge in [-0.25, -0.2) is 0 Å². The fraction of sp³-hybridized carbons (Fsp3) is 1.00. The summed E-state index contributed by atoms with van der Waals surface area (Å²) in [7, 11) is -9.02. The fourth-order valence-corrected chi connectivity index (χ4v) is 18.6. The standard InChI is InChI=1S/C19H48O9Si5/c1-29-26-33(8,25-19-24-30(2,3)17-9-13-22-15-11-20)28-32(6,7)27-31(4,5)18-10-14-23-16-12-21/h20-21H,9-19H2,1-8H3/t33-/m1/s1. The first-order chi connectivity index (χ1) is 15.3. The van der Waals surface area contributed by atoms with Gasteiger partial charge in [0.05, 0.1) is 26.4 Å². The van der Waals surface area contributed by atoms with Gasteiger partial charge in [-0.2, -0.15) is 0 Å². The molecule has 0 bridgehead atoms. The summed E-state index contributed by atoms with van der Waals surface area (Å²) in [6.45, 7) is 18.9. The SMILES string of the molecule is C[Si]O[Si@@](C)(OCO[Si](C)(C)CCCOCCO)O[Si](C)(C)O[Si](C)(C)CCCOCCO. The van der Waals surface area contributed by atoms with Crippen molar-refractivity contribution < 1.29 is 40.9 Å². The number of hydrogen-bond donors (Lipinski definition) is 2. The van der Waals surface area contributed by atoms with Crippen LogP contribution in [0.25, 0.3) is 0 Å². The van der Waals surface area contributed by atoms with Crippen LogP contribution in [-0.4, -0.2) is 100 Å². The molecule has 33 heavy (non-hydrogen) atoms. The average Bonchev–Trinajstić information content (AvgIpc) is 2.66. The highest BCUT2D eigenvalue weighted by molar-refractivity contribution is 6.86. The first-order valence-electron chi connectivity index (χ1n) is 11.7. The van der Waals surface area contributed by atoms with Crippen molar-refractivity contribution in [3.63, 3.8) is 0 Å². The highest BCUT2D eigenvalue weighted by Crippen LogP contribution is 2.25. The van der Waals surface area contributed by atoms with Crippen molar-refractivity contribution in [2.45, 2.75) is 77.3 Å². The molecule has 2 radical (unpaired) electrons. The van der Waals surface area contributed by atoms with Gasteiger partial charge in [-0.1, -0.05) is 0 Å². The Balaban J connectivity index is 4.67. The van der Waals surface area contributed by atoms with E-state index in [0.29, 0.717) is 26.4 Å². The first kappa shape index (κ1) is 33.7. The molecule has 0 saturated heterocycles. The zero-order valence-electron chi connectivity index (χ0n) is 22.0. The molecule has 0 amide bonds. The Kier molecular flexibility index (Phi) is 17.6. The van der Waals surface area contributed by atoms with E-state index in [1.165, 1.54) is 0 Å². The second kappa shape index (κ2) is 17.2. The smallest absolute Gasteiger partial charge is 0.436 e. The van der Waals surface area contributed by atoms with Gasteiger partial charge in [-0.05, 0) is 70.8 Å². The number of ether oxygens (including phenoxy) is 2. The molecule has 0 aliphatic carbocycles. The van der Waals surface area contributed by atoms with Gasteiger partial charge in [-0.3, -0.25) is 0 Å². The summed E-state index contributed by atoms with van der Waals surface area (Å²) in [4.78, 5) is 0. The lowest BCUT2D eigenvalue weighted by Gasteiger charge is -2.39. The van der Waals surface area contributed by atoms with Crippen molar-refractivity contribution in [2.75, 3.05) is 46.4 Å². The number of rotatable bonds is 22. The van der Waals surface area contributed by atoms with Gasteiger partial charge >= 0.3 is 17.4 Å². The second-order valence-electron chi connectivity index (χ2n) is 9.58. The number of aliphatic hydroxyl groups excluding tert-OH is 2. The summed E-state index contributed by atoms with van der Waals surface area (Å²) in [5, 5.41) is 17.6. The van der Waals surface area contributed by atoms with Crippen LogP contribution >= 0.6 is 0 Å². The van der Waals surface area contributed by atoms with Crippen LogP contribution < -0.4 is 0 Å². The molecule has 9 nitrogen and oxygen atoms in total. The van der Waals surface area contributed by atoms with Crippen LogP contribution in [0.2, 0.25) is 64.5 Å². The van der Waals surface area contributed by atoms with Crippen molar-refractivity contribution in [3.8, 4) is 0 Å². The molecule has 0 aliphatic heterocycles. The lowest BCUT2D eigenvalue weighted by atomic mass is 10.5. The highest BCUT2D eigenvalue weighted by atomic mass is 28.5. The van der Waals surface area contributed by atoms with Crippen LogP contribution in [0, 0.1) is 0 Å². The molecule has 1 atom stereocenters. The Bertz CT molecular complexity index is 500. The number of hydrogen-bond acceptors (Lipinski definition) is 9. The molecule has 0 saturated carbocycles. The van der Waals surface area contributed by atoms with Crippen LogP contribution in [-0.2, 0) is 30.7 Å². The molecule has 14 heteroatoms. The van der Waals surface area contributed by atoms with E-state index in [9.17, 15) is 0 Å². The molecule has 0 aromatic heterocycles. The van der Waals surface area contributed by atoms with E-state index in [2.05, 4.69) is 26.2 Å². The molecule has 198 valence electrons. The van der Waals surface area contributed by atoms with Gasteiger partial charge in [0.2, 0.25) is 9.76 Å². The largest absolute Gasteiger partial charge is 0.479 e. The van der Waals surface area contributed by atoms with E-state index in [1.54, 1.807) is 0 Å². The molecule has 2 N–H and O–H groups in total. The molecule has 0 unspecified atom stereocenters. The number of aliphatic hydroxyl groups is 2. The maximum absolute atomic E-state index is 8.81. The Morgan fingerprint density at radius 3 is 1.67 bits per heavy atom. The van der Waals surface area contributed by atoms with E-state index in [0.717, 1.165) is 24.9 Å². The molecule has 0 aromatic carbocycles. The third kappa shape index (κ3) is 18.6. The maximum Gasteiger partial charge on any atom is 0.479 e. The van der Waals surface area contributed by atoms with E-state index >= 15 is 0 Å². The quantitative estimate of drug-likeness (QED) is 0.117. The van der Waals surface area contributed by atoms with E-state index in [4.69, 9.17) is 40.9 Å². The van der Waals surface area contributed by atoms with Gasteiger partial charge in [0.25, 0.3) is 0 Å². The summed E-state index contributed by atoms with van der Waals surface area (Å²) in [5.74, 6) is 0. The van der Waals surface area contributed by atoms with E-state index in [1.807, 2.05) is 26.2 Å². The zero-order chi connectivity index (χ0) is 25.4. The third-order valence-corrected chi connectivity index (χ3v) is 19.2. The molecular formula is C19H48O9Si5. The summed E-state index contributed by atoms with van der Waals surface area (Å²) in [5.41, 5.74) is 0. The fourth-order valence-electron chi connectivity index (χ4n) is 3.35. The summed E-state index contributed by atoms with van der Waals surface area (Å²) >= 11 is 0. The highest BCUT2D eigenvalue weighted by Gasteiger charge is 2.45. The van der Waals surface area contributed by atoms with Crippen LogP contribution in [0.15, 0.2) is 0 Å². The van der Waals surface area contributed by atoms with Gasteiger partial charge in [0, 0.05) is 19.8 Å². The van der Waals surface area contributed by atoms with Gasteiger partial charge < -0.3 is 40.9 Å². The first-order valence-corrected chi connectivity index (χ1v) is 24.4. The summed E-state index contributed by atoms with van der Waals surface area (Å²) < 4.78 is 42.0. The third-order valence-electron chi connectivity index (χ3n) is 4.62. The Labute approximate surface area is 208 Å². The van der Waals surface area contributed by atoms with Gasteiger partial charge in [0.1, 0.15) is 6.79 Å². The van der Waals surface area contributed by atoms with Crippen LogP contribution in [0.3, 0.4) is 0 Å². The van der Waals surface area contributed by atoms with Crippen molar-refractivity contribution in [1.82, 2.24) is 0 Å². The lowest BCUT2D eigenvalue weighted by molar-refractivity contribution is 0.0520. The molecule has 0 spiro atoms. The van der Waals surface area contributed by atoms with Crippen LogP contribution in [0.5, 0.6) is 0 Å². The molecular weight excluding hydrogens is 513 g/mol. The Hall–Kier alpha value is 0.724. The Morgan fingerprint density at radius 1 is 0.667 bits per heavy atom. The minimum absolute atomic E-state index is 0.0502. The topological polar surface area (TPSA) is 105 Å². The van der Waals surface area contributed by atoms with Crippen molar-refractivity contribution >= 4 is 43.8 Å². The minimum atomic E-state index is -2.92. The van der Waals surface area contributed by atoms with Gasteiger partial charge in [-0.15, -0.1) is 0 Å². The van der Waals surface area contributed by atoms with E-state index in [-0.39, 0.29) is 29.8 Å². The predicted octanol–water partition coefficient (Wildman–Crippen LogP) is 3.17. The monoisotopic (exact) mass is 560 g/mol.